The van der Waals surface area contributed by atoms with Crippen molar-refractivity contribution in [3.8, 4) is 0 Å². The first-order chi connectivity index (χ1) is 8.39. The first-order valence-electron chi connectivity index (χ1n) is 6.97. The molecular formula is C13H27NO3S. The van der Waals surface area contributed by atoms with Crippen molar-refractivity contribution in [2.24, 2.45) is 0 Å². The summed E-state index contributed by atoms with van der Waals surface area (Å²) in [4.78, 5) is 0. The normalized spacial score (nSPS) is 28.2. The van der Waals surface area contributed by atoms with Crippen LogP contribution in [0.25, 0.3) is 0 Å². The van der Waals surface area contributed by atoms with Crippen molar-refractivity contribution in [1.82, 2.24) is 5.32 Å². The first kappa shape index (κ1) is 15.9. The fourth-order valence-corrected chi connectivity index (χ4v) is 4.74. The van der Waals surface area contributed by atoms with E-state index in [-0.39, 0.29) is 22.6 Å². The molecule has 1 saturated heterocycles. The molecule has 0 aliphatic carbocycles. The predicted octanol–water partition coefficient (Wildman–Crippen LogP) is 1.75. The summed E-state index contributed by atoms with van der Waals surface area (Å²) in [5.41, 5.74) is 0. The third-order valence-corrected chi connectivity index (χ3v) is 6.49. The summed E-state index contributed by atoms with van der Waals surface area (Å²) in [5, 5.41) is 2.73. The lowest BCUT2D eigenvalue weighted by molar-refractivity contribution is 0.126. The highest BCUT2D eigenvalue weighted by Crippen LogP contribution is 2.25. The van der Waals surface area contributed by atoms with E-state index in [4.69, 9.17) is 4.74 Å². The van der Waals surface area contributed by atoms with Crippen LogP contribution in [0.5, 0.6) is 0 Å². The lowest BCUT2D eigenvalue weighted by Gasteiger charge is -2.23. The second kappa shape index (κ2) is 6.87. The minimum absolute atomic E-state index is 0.156. The Labute approximate surface area is 111 Å². The Balaban J connectivity index is 2.56. The molecule has 1 heterocycles. The van der Waals surface area contributed by atoms with Gasteiger partial charge in [-0.05, 0) is 46.6 Å². The third kappa shape index (κ3) is 3.93. The maximum Gasteiger partial charge on any atom is 0.158 e. The van der Waals surface area contributed by atoms with Gasteiger partial charge in [-0.15, -0.1) is 0 Å². The van der Waals surface area contributed by atoms with Crippen molar-refractivity contribution in [3.05, 3.63) is 0 Å². The maximum absolute atomic E-state index is 12.4. The Hall–Kier alpha value is -0.130. The van der Waals surface area contributed by atoms with E-state index in [1.54, 1.807) is 0 Å². The van der Waals surface area contributed by atoms with Gasteiger partial charge in [-0.1, -0.05) is 6.92 Å². The van der Waals surface area contributed by atoms with Gasteiger partial charge in [0.2, 0.25) is 0 Å². The van der Waals surface area contributed by atoms with Gasteiger partial charge in [-0.2, -0.15) is 0 Å². The molecule has 5 heteroatoms. The average Bonchev–Trinajstić information content (AvgIpc) is 2.73. The third-order valence-electron chi connectivity index (χ3n) is 3.72. The van der Waals surface area contributed by atoms with E-state index < -0.39 is 9.84 Å². The number of hydrogen-bond donors (Lipinski definition) is 1. The minimum atomic E-state index is -3.07. The zero-order valence-electron chi connectivity index (χ0n) is 12.0. The molecule has 0 radical (unpaired) electrons. The standard InChI is InChI=1S/C13H27NO3S/c1-5-7-14-10(2)9-11(3)18(15,16)13-6-8-17-12(13)4/h10-14H,5-9H2,1-4H3. The number of ether oxygens (including phenoxy) is 1. The highest BCUT2D eigenvalue weighted by Gasteiger charge is 2.39. The Kier molecular flexibility index (Phi) is 6.08. The highest BCUT2D eigenvalue weighted by molar-refractivity contribution is 7.92. The van der Waals surface area contributed by atoms with E-state index >= 15 is 0 Å². The predicted molar refractivity (Wildman–Crippen MR) is 74.6 cm³/mol. The number of nitrogens with one attached hydrogen (secondary N) is 1. The smallest absolute Gasteiger partial charge is 0.158 e. The van der Waals surface area contributed by atoms with Crippen LogP contribution in [0.4, 0.5) is 0 Å². The molecule has 4 unspecified atom stereocenters. The zero-order valence-corrected chi connectivity index (χ0v) is 12.8. The van der Waals surface area contributed by atoms with Gasteiger partial charge in [-0.3, -0.25) is 0 Å². The second-order valence-electron chi connectivity index (χ2n) is 5.39. The Morgan fingerprint density at radius 2 is 2.06 bits per heavy atom. The summed E-state index contributed by atoms with van der Waals surface area (Å²) in [7, 11) is -3.07. The van der Waals surface area contributed by atoms with Gasteiger partial charge in [0.1, 0.15) is 0 Å². The number of rotatable bonds is 7. The Bertz CT molecular complexity index is 342. The quantitative estimate of drug-likeness (QED) is 0.770. The molecule has 0 aromatic heterocycles. The van der Waals surface area contributed by atoms with Gasteiger partial charge in [-0.25, -0.2) is 8.42 Å². The molecule has 0 saturated carbocycles. The van der Waals surface area contributed by atoms with Crippen molar-refractivity contribution in [3.63, 3.8) is 0 Å². The fraction of sp³-hybridized carbons (Fsp3) is 1.00. The molecule has 0 bridgehead atoms. The Morgan fingerprint density at radius 3 is 2.56 bits per heavy atom. The van der Waals surface area contributed by atoms with Crippen LogP contribution in [-0.2, 0) is 14.6 Å². The molecule has 1 aliphatic rings. The van der Waals surface area contributed by atoms with Crippen LogP contribution in [0.2, 0.25) is 0 Å². The lowest BCUT2D eigenvalue weighted by Crippen LogP contribution is -2.39. The molecule has 18 heavy (non-hydrogen) atoms. The van der Waals surface area contributed by atoms with Gasteiger partial charge in [0.05, 0.1) is 16.6 Å². The molecule has 1 aliphatic heterocycles. The second-order valence-corrected chi connectivity index (χ2v) is 7.98. The lowest BCUT2D eigenvalue weighted by atomic mass is 10.2. The van der Waals surface area contributed by atoms with Crippen molar-refractivity contribution < 1.29 is 13.2 Å². The molecule has 1 N–H and O–H groups in total. The van der Waals surface area contributed by atoms with Gasteiger partial charge in [0.15, 0.2) is 9.84 Å². The maximum atomic E-state index is 12.4. The largest absolute Gasteiger partial charge is 0.377 e. The van der Waals surface area contributed by atoms with E-state index in [0.29, 0.717) is 19.4 Å². The number of sulfone groups is 1. The zero-order chi connectivity index (χ0) is 13.8. The monoisotopic (exact) mass is 277 g/mol. The minimum Gasteiger partial charge on any atom is -0.377 e. The van der Waals surface area contributed by atoms with Crippen molar-refractivity contribution >= 4 is 9.84 Å². The molecular weight excluding hydrogens is 250 g/mol. The summed E-state index contributed by atoms with van der Waals surface area (Å²) in [6.07, 6.45) is 2.23. The van der Waals surface area contributed by atoms with Crippen LogP contribution in [0.1, 0.15) is 47.0 Å². The molecule has 108 valence electrons. The van der Waals surface area contributed by atoms with Crippen LogP contribution in [-0.4, -0.2) is 44.2 Å². The van der Waals surface area contributed by atoms with Crippen LogP contribution in [0.3, 0.4) is 0 Å². The fourth-order valence-electron chi connectivity index (χ4n) is 2.55. The Morgan fingerprint density at radius 1 is 1.39 bits per heavy atom. The van der Waals surface area contributed by atoms with E-state index in [0.717, 1.165) is 13.0 Å². The molecule has 0 spiro atoms. The first-order valence-corrected chi connectivity index (χ1v) is 8.58. The van der Waals surface area contributed by atoms with Crippen molar-refractivity contribution in [1.29, 1.82) is 0 Å². The van der Waals surface area contributed by atoms with Gasteiger partial charge < -0.3 is 10.1 Å². The molecule has 0 aromatic rings. The molecule has 4 atom stereocenters. The topological polar surface area (TPSA) is 55.4 Å². The van der Waals surface area contributed by atoms with Crippen LogP contribution >= 0.6 is 0 Å². The summed E-state index contributed by atoms with van der Waals surface area (Å²) in [6, 6.07) is 0.243. The van der Waals surface area contributed by atoms with E-state index in [1.165, 1.54) is 0 Å². The highest BCUT2D eigenvalue weighted by atomic mass is 32.2. The van der Waals surface area contributed by atoms with Gasteiger partial charge in [0, 0.05) is 12.6 Å². The van der Waals surface area contributed by atoms with Crippen LogP contribution in [0, 0.1) is 0 Å². The molecule has 0 aromatic carbocycles. The summed E-state index contributed by atoms with van der Waals surface area (Å²) in [6.45, 7) is 9.36. The molecule has 0 amide bonds. The SMILES string of the molecule is CCCNC(C)CC(C)S(=O)(=O)C1CCOC1C. The van der Waals surface area contributed by atoms with Gasteiger partial charge >= 0.3 is 0 Å². The summed E-state index contributed by atoms with van der Waals surface area (Å²) >= 11 is 0. The van der Waals surface area contributed by atoms with Crippen molar-refractivity contribution in [2.75, 3.05) is 13.2 Å². The van der Waals surface area contributed by atoms with Crippen LogP contribution in [0.15, 0.2) is 0 Å². The molecule has 1 rings (SSSR count). The van der Waals surface area contributed by atoms with Crippen LogP contribution < -0.4 is 5.32 Å². The summed E-state index contributed by atoms with van der Waals surface area (Å²) in [5.74, 6) is 0. The average molecular weight is 277 g/mol. The van der Waals surface area contributed by atoms with Gasteiger partial charge in [0.25, 0.3) is 0 Å². The molecule has 1 fully saturated rings. The van der Waals surface area contributed by atoms with E-state index in [2.05, 4.69) is 19.2 Å². The van der Waals surface area contributed by atoms with E-state index in [1.807, 2.05) is 13.8 Å². The summed E-state index contributed by atoms with van der Waals surface area (Å²) < 4.78 is 30.3. The molecule has 4 nitrogen and oxygen atoms in total. The number of hydrogen-bond acceptors (Lipinski definition) is 4. The van der Waals surface area contributed by atoms with Crippen molar-refractivity contribution in [2.45, 2.75) is 69.6 Å². The van der Waals surface area contributed by atoms with E-state index in [9.17, 15) is 8.42 Å².